The molecular weight excluding hydrogens is 260 g/mol. The van der Waals surface area contributed by atoms with Crippen LogP contribution >= 0.6 is 15.9 Å². The third kappa shape index (κ3) is 2.89. The van der Waals surface area contributed by atoms with Gasteiger partial charge < -0.3 is 5.11 Å². The Labute approximate surface area is 96.2 Å². The van der Waals surface area contributed by atoms with Crippen LogP contribution in [0.3, 0.4) is 0 Å². The van der Waals surface area contributed by atoms with Crippen molar-refractivity contribution in [3.63, 3.8) is 0 Å². The van der Waals surface area contributed by atoms with E-state index in [1.54, 1.807) is 31.2 Å². The summed E-state index contributed by atoms with van der Waals surface area (Å²) >= 11 is 3.08. The fraction of sp³-hybridized carbons (Fsp3) is 0.273. The standard InChI is InChI=1S/C11H11BrO3/c1-7(11(14)15)8-2-4-9(5-3-8)10(13)6-12/h2-5,7H,6H2,1H3,(H,14,15). The van der Waals surface area contributed by atoms with Gasteiger partial charge in [0.05, 0.1) is 11.2 Å². The van der Waals surface area contributed by atoms with Crippen molar-refractivity contribution in [3.05, 3.63) is 35.4 Å². The Bertz CT molecular complexity index is 370. The van der Waals surface area contributed by atoms with Crippen LogP contribution < -0.4 is 0 Å². The molecule has 0 spiro atoms. The predicted molar refractivity (Wildman–Crippen MR) is 60.6 cm³/mol. The van der Waals surface area contributed by atoms with Crippen molar-refractivity contribution in [2.75, 3.05) is 5.33 Å². The number of benzene rings is 1. The van der Waals surface area contributed by atoms with Gasteiger partial charge in [0.25, 0.3) is 0 Å². The number of hydrogen-bond donors (Lipinski definition) is 1. The summed E-state index contributed by atoms with van der Waals surface area (Å²) < 4.78 is 0. The molecule has 1 atom stereocenters. The number of carbonyl (C=O) groups is 2. The van der Waals surface area contributed by atoms with E-state index < -0.39 is 11.9 Å². The summed E-state index contributed by atoms with van der Waals surface area (Å²) in [5, 5.41) is 9.06. The Morgan fingerprint density at radius 1 is 1.33 bits per heavy atom. The van der Waals surface area contributed by atoms with E-state index in [2.05, 4.69) is 15.9 Å². The van der Waals surface area contributed by atoms with Crippen LogP contribution in [0.5, 0.6) is 0 Å². The highest BCUT2D eigenvalue weighted by molar-refractivity contribution is 9.09. The quantitative estimate of drug-likeness (QED) is 0.676. The van der Waals surface area contributed by atoms with E-state index in [-0.39, 0.29) is 11.1 Å². The van der Waals surface area contributed by atoms with Crippen molar-refractivity contribution in [2.24, 2.45) is 0 Å². The molecule has 0 fully saturated rings. The zero-order chi connectivity index (χ0) is 11.4. The first kappa shape index (κ1) is 11.9. The lowest BCUT2D eigenvalue weighted by Gasteiger charge is -2.06. The number of rotatable bonds is 4. The second-order valence-corrected chi connectivity index (χ2v) is 3.80. The van der Waals surface area contributed by atoms with Crippen molar-refractivity contribution in [1.82, 2.24) is 0 Å². The van der Waals surface area contributed by atoms with Crippen molar-refractivity contribution >= 4 is 27.7 Å². The average molecular weight is 271 g/mol. The Morgan fingerprint density at radius 3 is 2.27 bits per heavy atom. The topological polar surface area (TPSA) is 54.4 Å². The maximum atomic E-state index is 11.3. The molecule has 4 heteroatoms. The molecule has 0 aliphatic heterocycles. The van der Waals surface area contributed by atoms with Crippen LogP contribution in [0, 0.1) is 0 Å². The van der Waals surface area contributed by atoms with Gasteiger partial charge in [-0.1, -0.05) is 40.2 Å². The molecule has 0 saturated carbocycles. The van der Waals surface area contributed by atoms with E-state index in [1.165, 1.54) is 0 Å². The van der Waals surface area contributed by atoms with Gasteiger partial charge in [0.1, 0.15) is 0 Å². The van der Waals surface area contributed by atoms with Crippen LogP contribution in [-0.2, 0) is 4.79 Å². The monoisotopic (exact) mass is 270 g/mol. The van der Waals surface area contributed by atoms with Crippen LogP contribution in [0.25, 0.3) is 0 Å². The van der Waals surface area contributed by atoms with Crippen LogP contribution in [0.15, 0.2) is 24.3 Å². The molecule has 0 aliphatic rings. The van der Waals surface area contributed by atoms with Crippen molar-refractivity contribution in [1.29, 1.82) is 0 Å². The summed E-state index contributed by atoms with van der Waals surface area (Å²) in [6.07, 6.45) is 0. The molecule has 0 saturated heterocycles. The van der Waals surface area contributed by atoms with Gasteiger partial charge in [-0.25, -0.2) is 0 Å². The molecule has 0 amide bonds. The largest absolute Gasteiger partial charge is 0.481 e. The molecule has 0 bridgehead atoms. The molecule has 0 radical (unpaired) electrons. The summed E-state index contributed by atoms with van der Waals surface area (Å²) in [5.74, 6) is -1.42. The molecular formula is C11H11BrO3. The molecule has 0 aromatic heterocycles. The zero-order valence-electron chi connectivity index (χ0n) is 8.24. The van der Waals surface area contributed by atoms with E-state index in [1.807, 2.05) is 0 Å². The third-order valence-electron chi connectivity index (χ3n) is 2.22. The third-order valence-corrected chi connectivity index (χ3v) is 2.73. The lowest BCUT2D eigenvalue weighted by atomic mass is 9.99. The minimum Gasteiger partial charge on any atom is -0.481 e. The summed E-state index contributed by atoms with van der Waals surface area (Å²) in [6.45, 7) is 1.61. The molecule has 1 rings (SSSR count). The van der Waals surface area contributed by atoms with E-state index in [0.29, 0.717) is 11.1 Å². The lowest BCUT2D eigenvalue weighted by Crippen LogP contribution is -2.08. The number of carboxylic acids is 1. The first-order chi connectivity index (χ1) is 7.06. The summed E-state index contributed by atoms with van der Waals surface area (Å²) in [6, 6.07) is 6.65. The highest BCUT2D eigenvalue weighted by Gasteiger charge is 2.13. The van der Waals surface area contributed by atoms with Crippen molar-refractivity contribution in [3.8, 4) is 0 Å². The smallest absolute Gasteiger partial charge is 0.310 e. The molecule has 0 aliphatic carbocycles. The maximum Gasteiger partial charge on any atom is 0.310 e. The Kier molecular flexibility index (Phi) is 4.03. The molecule has 15 heavy (non-hydrogen) atoms. The van der Waals surface area contributed by atoms with Gasteiger partial charge in [-0.3, -0.25) is 9.59 Å². The molecule has 1 N–H and O–H groups in total. The van der Waals surface area contributed by atoms with E-state index in [4.69, 9.17) is 5.11 Å². The first-order valence-corrected chi connectivity index (χ1v) is 5.60. The number of hydrogen-bond acceptors (Lipinski definition) is 2. The van der Waals surface area contributed by atoms with Crippen LogP contribution in [-0.4, -0.2) is 22.2 Å². The Morgan fingerprint density at radius 2 is 1.87 bits per heavy atom. The molecule has 1 unspecified atom stereocenters. The van der Waals surface area contributed by atoms with Gasteiger partial charge in [0.15, 0.2) is 5.78 Å². The second-order valence-electron chi connectivity index (χ2n) is 3.24. The molecule has 0 heterocycles. The van der Waals surface area contributed by atoms with Gasteiger partial charge in [-0.15, -0.1) is 0 Å². The number of carboxylic acid groups (broad SMARTS) is 1. The number of aliphatic carboxylic acids is 1. The van der Waals surface area contributed by atoms with E-state index in [9.17, 15) is 9.59 Å². The average Bonchev–Trinajstić information content (AvgIpc) is 2.27. The van der Waals surface area contributed by atoms with Gasteiger partial charge in [0.2, 0.25) is 0 Å². The van der Waals surface area contributed by atoms with Gasteiger partial charge in [-0.2, -0.15) is 0 Å². The molecule has 1 aromatic rings. The fourth-order valence-electron chi connectivity index (χ4n) is 1.18. The highest BCUT2D eigenvalue weighted by atomic mass is 79.9. The second kappa shape index (κ2) is 5.07. The zero-order valence-corrected chi connectivity index (χ0v) is 9.82. The minimum absolute atomic E-state index is 0.00970. The molecule has 3 nitrogen and oxygen atoms in total. The van der Waals surface area contributed by atoms with Gasteiger partial charge in [-0.05, 0) is 12.5 Å². The van der Waals surface area contributed by atoms with Gasteiger partial charge >= 0.3 is 5.97 Å². The number of carbonyl (C=O) groups excluding carboxylic acids is 1. The van der Waals surface area contributed by atoms with E-state index >= 15 is 0 Å². The number of Topliss-reactive ketones (excluding diaryl/α,β-unsaturated/α-hetero) is 1. The minimum atomic E-state index is -0.866. The maximum absolute atomic E-state index is 11.3. The van der Waals surface area contributed by atoms with Crippen molar-refractivity contribution < 1.29 is 14.7 Å². The first-order valence-electron chi connectivity index (χ1n) is 4.48. The summed E-state index contributed by atoms with van der Waals surface area (Å²) in [4.78, 5) is 22.0. The highest BCUT2D eigenvalue weighted by Crippen LogP contribution is 2.16. The number of ketones is 1. The van der Waals surface area contributed by atoms with Crippen LogP contribution in [0.1, 0.15) is 28.8 Å². The SMILES string of the molecule is CC(C(=O)O)c1ccc(C(=O)CBr)cc1. The fourth-order valence-corrected chi connectivity index (χ4v) is 1.50. The number of halogens is 1. The summed E-state index contributed by atoms with van der Waals surface area (Å²) in [7, 11) is 0. The lowest BCUT2D eigenvalue weighted by molar-refractivity contribution is -0.138. The summed E-state index contributed by atoms with van der Waals surface area (Å²) in [5.41, 5.74) is 1.29. The van der Waals surface area contributed by atoms with Crippen LogP contribution in [0.4, 0.5) is 0 Å². The predicted octanol–water partition coefficient (Wildman–Crippen LogP) is 2.45. The Balaban J connectivity index is 2.90. The normalized spacial score (nSPS) is 12.1. The van der Waals surface area contributed by atoms with E-state index in [0.717, 1.165) is 0 Å². The number of alkyl halides is 1. The van der Waals surface area contributed by atoms with Crippen LogP contribution in [0.2, 0.25) is 0 Å². The Hall–Kier alpha value is -1.16. The van der Waals surface area contributed by atoms with Crippen molar-refractivity contribution in [2.45, 2.75) is 12.8 Å². The molecule has 80 valence electrons. The molecule has 1 aromatic carbocycles. The van der Waals surface area contributed by atoms with Gasteiger partial charge in [0, 0.05) is 5.56 Å².